The number of hydrogen-bond donors (Lipinski definition) is 14. The van der Waals surface area contributed by atoms with Gasteiger partial charge in [-0.05, 0) is 56.3 Å². The number of nitrogens with two attached hydrogens (primary N) is 4. The molecule has 0 bridgehead atoms. The molecular weight excluding hydrogens is 860 g/mol. The van der Waals surface area contributed by atoms with Gasteiger partial charge in [-0.3, -0.25) is 52.9 Å². The summed E-state index contributed by atoms with van der Waals surface area (Å²) in [5, 5.41) is 44.7. The zero-order valence-electron chi connectivity index (χ0n) is 37.6. The fourth-order valence-electron chi connectivity index (χ4n) is 5.93. The molecule has 0 unspecified atom stereocenters. The van der Waals surface area contributed by atoms with Gasteiger partial charge in [0, 0.05) is 19.4 Å². The Balaban J connectivity index is 6.19. The maximum absolute atomic E-state index is 13.8. The van der Waals surface area contributed by atoms with Crippen molar-refractivity contribution in [2.75, 3.05) is 13.1 Å². The lowest BCUT2D eigenvalue weighted by Crippen LogP contribution is -2.61. The number of nitrogens with zero attached hydrogens (tertiary/aromatic N) is 1. The molecule has 0 aliphatic heterocycles. The molecule has 18 N–H and O–H groups in total. The summed E-state index contributed by atoms with van der Waals surface area (Å²) in [6.45, 7) is 9.29. The predicted molar refractivity (Wildman–Crippen MR) is 231 cm³/mol. The molecule has 0 radical (unpaired) electrons. The minimum Gasteiger partial charge on any atom is -0.481 e. The van der Waals surface area contributed by atoms with E-state index in [1.165, 1.54) is 13.8 Å². The van der Waals surface area contributed by atoms with Crippen LogP contribution in [0.3, 0.4) is 0 Å². The van der Waals surface area contributed by atoms with Gasteiger partial charge in [0.05, 0.1) is 19.0 Å². The van der Waals surface area contributed by atoms with Crippen molar-refractivity contribution in [1.29, 1.82) is 0 Å². The molecule has 0 heterocycles. The van der Waals surface area contributed by atoms with Crippen molar-refractivity contribution in [2.24, 2.45) is 45.7 Å². The maximum atomic E-state index is 13.8. The van der Waals surface area contributed by atoms with Crippen LogP contribution in [0, 0.1) is 17.8 Å². The molecule has 7 atom stereocenters. The van der Waals surface area contributed by atoms with E-state index in [-0.39, 0.29) is 62.9 Å². The maximum Gasteiger partial charge on any atom is 0.326 e. The summed E-state index contributed by atoms with van der Waals surface area (Å²) in [6, 6.07) is -10.1. The molecule has 65 heavy (non-hydrogen) atoms. The molecular formula is C39H68N12O14. The molecule has 0 saturated heterocycles. The number of hydrogen-bond acceptors (Lipinski definition) is 13. The molecule has 26 nitrogen and oxygen atoms in total. The van der Waals surface area contributed by atoms with Crippen molar-refractivity contribution < 1.29 is 68.1 Å². The number of aliphatic imine (C=N–C) groups is 1. The number of carboxylic acids is 3. The Morgan fingerprint density at radius 1 is 0.538 bits per heavy atom. The largest absolute Gasteiger partial charge is 0.481 e. The van der Waals surface area contributed by atoms with Gasteiger partial charge in [0.2, 0.25) is 47.3 Å². The first kappa shape index (κ1) is 58.4. The van der Waals surface area contributed by atoms with Crippen LogP contribution in [-0.2, 0) is 52.7 Å². The van der Waals surface area contributed by atoms with Crippen LogP contribution in [-0.4, -0.2) is 142 Å². The summed E-state index contributed by atoms with van der Waals surface area (Å²) < 4.78 is 0. The van der Waals surface area contributed by atoms with E-state index in [0.29, 0.717) is 0 Å². The quantitative estimate of drug-likeness (QED) is 0.0173. The third-order valence-corrected chi connectivity index (χ3v) is 9.26. The van der Waals surface area contributed by atoms with E-state index in [4.69, 9.17) is 28.0 Å². The van der Waals surface area contributed by atoms with Crippen LogP contribution in [0.2, 0.25) is 0 Å². The molecule has 0 spiro atoms. The fraction of sp³-hybridized carbons (Fsp3) is 0.692. The van der Waals surface area contributed by atoms with Gasteiger partial charge < -0.3 is 75.5 Å². The Hall–Kier alpha value is -6.60. The van der Waals surface area contributed by atoms with Crippen molar-refractivity contribution >= 4 is 71.1 Å². The van der Waals surface area contributed by atoms with Crippen LogP contribution in [0.5, 0.6) is 0 Å². The number of primary amides is 1. The van der Waals surface area contributed by atoms with Crippen LogP contribution < -0.4 is 60.2 Å². The number of carboxylic acid groups (broad SMARTS) is 3. The lowest BCUT2D eigenvalue weighted by atomic mass is 9.98. The summed E-state index contributed by atoms with van der Waals surface area (Å²) in [7, 11) is 0. The Morgan fingerprint density at radius 2 is 1.05 bits per heavy atom. The third-order valence-electron chi connectivity index (χ3n) is 9.26. The number of amides is 8. The average molecular weight is 929 g/mol. The minimum atomic E-state index is -1.78. The van der Waals surface area contributed by atoms with Gasteiger partial charge in [-0.25, -0.2) is 4.79 Å². The molecule has 0 aliphatic rings. The van der Waals surface area contributed by atoms with E-state index in [1.54, 1.807) is 27.7 Å². The highest BCUT2D eigenvalue weighted by atomic mass is 16.4. The second-order valence-corrected chi connectivity index (χ2v) is 16.5. The zero-order valence-corrected chi connectivity index (χ0v) is 37.6. The van der Waals surface area contributed by atoms with Crippen molar-refractivity contribution in [3.05, 3.63) is 0 Å². The van der Waals surface area contributed by atoms with Crippen LogP contribution >= 0.6 is 0 Å². The van der Waals surface area contributed by atoms with Crippen LogP contribution in [0.4, 0.5) is 0 Å². The Morgan fingerprint density at radius 3 is 1.51 bits per heavy atom. The second kappa shape index (κ2) is 29.7. The van der Waals surface area contributed by atoms with Crippen LogP contribution in [0.1, 0.15) is 99.3 Å². The SMILES string of the molecule is CC(C)C[C@H](NC(=O)[C@@H](NC(=O)[C@H](CC(=O)O)NC(=O)[C@H](CC(C)C)NC(=O)[C@@H](N)CCC(=O)O)C(C)C)C(=O)N[C@@H](CCC(N)=O)C(=O)NCC(=O)N[C@@H](CCCN=C(N)N)C(=O)O. The molecule has 0 aliphatic carbocycles. The molecule has 0 aromatic carbocycles. The smallest absolute Gasteiger partial charge is 0.326 e. The van der Waals surface area contributed by atoms with Crippen molar-refractivity contribution in [1.82, 2.24) is 37.2 Å². The molecule has 0 saturated carbocycles. The summed E-state index contributed by atoms with van der Waals surface area (Å²) in [5.41, 5.74) is 21.6. The monoisotopic (exact) mass is 928 g/mol. The number of rotatable bonds is 32. The molecule has 0 rings (SSSR count). The van der Waals surface area contributed by atoms with Crippen LogP contribution in [0.25, 0.3) is 0 Å². The molecule has 26 heteroatoms. The highest BCUT2D eigenvalue weighted by molar-refractivity contribution is 5.98. The van der Waals surface area contributed by atoms with Crippen molar-refractivity contribution in [3.63, 3.8) is 0 Å². The van der Waals surface area contributed by atoms with E-state index < -0.39 is 139 Å². The fourth-order valence-corrected chi connectivity index (χ4v) is 5.93. The summed E-state index contributed by atoms with van der Waals surface area (Å²) in [4.78, 5) is 143. The molecule has 0 aromatic heterocycles. The summed E-state index contributed by atoms with van der Waals surface area (Å²) >= 11 is 0. The third kappa shape index (κ3) is 25.3. The van der Waals surface area contributed by atoms with E-state index in [1.807, 2.05) is 0 Å². The Kier molecular flexibility index (Phi) is 26.7. The second-order valence-electron chi connectivity index (χ2n) is 16.5. The lowest BCUT2D eigenvalue weighted by molar-refractivity contribution is -0.142. The van der Waals surface area contributed by atoms with Crippen LogP contribution in [0.15, 0.2) is 4.99 Å². The average Bonchev–Trinajstić information content (AvgIpc) is 3.18. The number of guanidine groups is 1. The predicted octanol–water partition coefficient (Wildman–Crippen LogP) is -4.17. The molecule has 0 aromatic rings. The number of carbonyl (C=O) groups excluding carboxylic acids is 8. The summed E-state index contributed by atoms with van der Waals surface area (Å²) in [6.07, 6.45) is -2.24. The first-order valence-electron chi connectivity index (χ1n) is 21.0. The zero-order chi connectivity index (χ0) is 50.1. The van der Waals surface area contributed by atoms with Gasteiger partial charge >= 0.3 is 17.9 Å². The number of aliphatic carboxylic acids is 3. The normalized spacial score (nSPS) is 14.2. The molecule has 368 valence electrons. The molecule has 8 amide bonds. The highest BCUT2D eigenvalue weighted by Gasteiger charge is 2.35. The lowest BCUT2D eigenvalue weighted by Gasteiger charge is -2.29. The topological polar surface area (TPSA) is 449 Å². The first-order valence-corrected chi connectivity index (χ1v) is 21.0. The van der Waals surface area contributed by atoms with E-state index in [9.17, 15) is 63.0 Å². The van der Waals surface area contributed by atoms with Gasteiger partial charge in [-0.1, -0.05) is 41.5 Å². The van der Waals surface area contributed by atoms with Crippen molar-refractivity contribution in [2.45, 2.75) is 142 Å². The van der Waals surface area contributed by atoms with Gasteiger partial charge in [0.25, 0.3) is 0 Å². The van der Waals surface area contributed by atoms with Gasteiger partial charge in [-0.15, -0.1) is 0 Å². The highest BCUT2D eigenvalue weighted by Crippen LogP contribution is 2.12. The first-order chi connectivity index (χ1) is 30.1. The van der Waals surface area contributed by atoms with E-state index >= 15 is 0 Å². The van der Waals surface area contributed by atoms with Gasteiger partial charge in [0.15, 0.2) is 5.96 Å². The van der Waals surface area contributed by atoms with Gasteiger partial charge in [0.1, 0.15) is 36.3 Å². The van der Waals surface area contributed by atoms with Gasteiger partial charge in [-0.2, -0.15) is 0 Å². The van der Waals surface area contributed by atoms with Crippen molar-refractivity contribution in [3.8, 4) is 0 Å². The number of carbonyl (C=O) groups is 11. The van der Waals surface area contributed by atoms with E-state index in [0.717, 1.165) is 0 Å². The minimum absolute atomic E-state index is 0.0121. The Bertz CT molecular complexity index is 1720. The Labute approximate surface area is 376 Å². The number of nitrogens with one attached hydrogen (secondary N) is 7. The summed E-state index contributed by atoms with van der Waals surface area (Å²) in [5.74, 6) is -12.9. The standard InChI is InChI=1S/C39H68N12O14/c1-18(2)14-24(48-32(58)21(40)9-12-29(54)55)35(61)49-26(16-30(56)57)36(62)51-31(20(5)6)37(63)50-25(15-19(3)4)34(60)47-22(10-11-27(41)52)33(59)45-17-28(53)46-23(38(64)65)8-7-13-44-39(42)43/h18-26,31H,7-17,40H2,1-6H3,(H2,41,52)(H,45,59)(H,46,53)(H,47,60)(H,48,58)(H,49,61)(H,50,63)(H,51,62)(H,54,55)(H,56,57)(H,64,65)(H4,42,43,44)/t21-,22-,23-,24-,25-,26-,31-/m0/s1. The van der Waals surface area contributed by atoms with E-state index in [2.05, 4.69) is 42.2 Å². The molecule has 0 fully saturated rings.